The van der Waals surface area contributed by atoms with Crippen molar-refractivity contribution in [3.05, 3.63) is 65.7 Å². The zero-order chi connectivity index (χ0) is 18.7. The van der Waals surface area contributed by atoms with Crippen LogP contribution in [0.5, 0.6) is 5.75 Å². The topological polar surface area (TPSA) is 42.0 Å². The molecule has 0 saturated carbocycles. The predicted octanol–water partition coefficient (Wildman–Crippen LogP) is 2.67. The summed E-state index contributed by atoms with van der Waals surface area (Å²) in [4.78, 5) is 17.4. The van der Waals surface area contributed by atoms with E-state index in [1.165, 1.54) is 5.56 Å². The van der Waals surface area contributed by atoms with Gasteiger partial charge >= 0.3 is 0 Å². The van der Waals surface area contributed by atoms with Gasteiger partial charge < -0.3 is 14.4 Å². The van der Waals surface area contributed by atoms with Crippen molar-refractivity contribution in [2.75, 3.05) is 46.5 Å². The lowest BCUT2D eigenvalue weighted by atomic mass is 9.79. The molecule has 1 amide bonds. The van der Waals surface area contributed by atoms with Gasteiger partial charge in [-0.15, -0.1) is 0 Å². The number of rotatable bonds is 4. The number of methoxy groups -OCH3 is 1. The monoisotopic (exact) mass is 366 g/mol. The Labute approximate surface area is 160 Å². The van der Waals surface area contributed by atoms with Gasteiger partial charge in [0.05, 0.1) is 20.3 Å². The molecule has 5 heteroatoms. The van der Waals surface area contributed by atoms with Crippen molar-refractivity contribution in [3.8, 4) is 5.75 Å². The first-order chi connectivity index (χ1) is 13.2. The van der Waals surface area contributed by atoms with Gasteiger partial charge in [0.1, 0.15) is 5.75 Å². The molecule has 27 heavy (non-hydrogen) atoms. The molecule has 5 nitrogen and oxygen atoms in total. The Hall–Kier alpha value is -2.37. The molecule has 2 aliphatic rings. The smallest absolute Gasteiger partial charge is 0.253 e. The summed E-state index contributed by atoms with van der Waals surface area (Å²) in [6.45, 7) is 5.61. The molecule has 0 unspecified atom stereocenters. The van der Waals surface area contributed by atoms with Crippen LogP contribution < -0.4 is 4.74 Å². The molecule has 142 valence electrons. The zero-order valence-corrected chi connectivity index (χ0v) is 15.8. The van der Waals surface area contributed by atoms with Crippen LogP contribution in [0.2, 0.25) is 0 Å². The van der Waals surface area contributed by atoms with Crippen LogP contribution in [-0.4, -0.2) is 62.2 Å². The minimum Gasteiger partial charge on any atom is -0.497 e. The van der Waals surface area contributed by atoms with E-state index < -0.39 is 0 Å². The van der Waals surface area contributed by atoms with Crippen LogP contribution in [0.1, 0.15) is 15.9 Å². The molecule has 4 rings (SSSR count). The van der Waals surface area contributed by atoms with Crippen molar-refractivity contribution in [2.24, 2.45) is 5.41 Å². The second-order valence-electron chi connectivity index (χ2n) is 7.64. The van der Waals surface area contributed by atoms with Crippen molar-refractivity contribution in [1.82, 2.24) is 9.80 Å². The minimum atomic E-state index is 0.0490. The molecule has 0 N–H and O–H groups in total. The normalized spacial score (nSPS) is 19.4. The van der Waals surface area contributed by atoms with Crippen LogP contribution in [0.25, 0.3) is 0 Å². The number of carbonyl (C=O) groups is 1. The largest absolute Gasteiger partial charge is 0.497 e. The Kier molecular flexibility index (Phi) is 5.14. The molecule has 0 radical (unpaired) electrons. The Morgan fingerprint density at radius 1 is 1.07 bits per heavy atom. The van der Waals surface area contributed by atoms with E-state index in [0.717, 1.165) is 38.5 Å². The van der Waals surface area contributed by atoms with Gasteiger partial charge in [0, 0.05) is 43.7 Å². The molecule has 2 fully saturated rings. The third kappa shape index (κ3) is 3.99. The first-order valence-corrected chi connectivity index (χ1v) is 9.45. The Bertz CT molecular complexity index is 770. The Balaban J connectivity index is 1.40. The van der Waals surface area contributed by atoms with E-state index in [9.17, 15) is 4.79 Å². The highest BCUT2D eigenvalue weighted by molar-refractivity contribution is 5.94. The van der Waals surface area contributed by atoms with Crippen molar-refractivity contribution < 1.29 is 14.3 Å². The maximum atomic E-state index is 13.0. The minimum absolute atomic E-state index is 0.0490. The quantitative estimate of drug-likeness (QED) is 0.834. The Morgan fingerprint density at radius 2 is 1.81 bits per heavy atom. The molecule has 0 atom stereocenters. The van der Waals surface area contributed by atoms with Crippen LogP contribution in [-0.2, 0) is 11.3 Å². The second kappa shape index (κ2) is 7.71. The summed E-state index contributed by atoms with van der Waals surface area (Å²) in [5.41, 5.74) is 2.08. The van der Waals surface area contributed by atoms with Gasteiger partial charge in [-0.2, -0.15) is 0 Å². The number of likely N-dealkylation sites (tertiary alicyclic amines) is 1. The molecule has 0 aliphatic carbocycles. The van der Waals surface area contributed by atoms with Crippen LogP contribution >= 0.6 is 0 Å². The lowest BCUT2D eigenvalue weighted by molar-refractivity contribution is -0.0605. The van der Waals surface area contributed by atoms with E-state index in [4.69, 9.17) is 9.47 Å². The van der Waals surface area contributed by atoms with Gasteiger partial charge in [0.2, 0.25) is 0 Å². The summed E-state index contributed by atoms with van der Waals surface area (Å²) in [6, 6.07) is 17.9. The SMILES string of the molecule is COc1ccc(C(=O)N2CCOCC3(CN(Cc4ccccc4)C3)C2)cc1. The maximum absolute atomic E-state index is 13.0. The average Bonchev–Trinajstić information content (AvgIpc) is 2.91. The number of benzene rings is 2. The zero-order valence-electron chi connectivity index (χ0n) is 15.8. The van der Waals surface area contributed by atoms with E-state index in [2.05, 4.69) is 29.2 Å². The van der Waals surface area contributed by atoms with E-state index in [0.29, 0.717) is 18.7 Å². The number of carbonyl (C=O) groups excluding carboxylic acids is 1. The lowest BCUT2D eigenvalue weighted by Gasteiger charge is -2.50. The molecule has 2 aromatic carbocycles. The summed E-state index contributed by atoms with van der Waals surface area (Å²) in [5.74, 6) is 0.835. The van der Waals surface area contributed by atoms with Gasteiger partial charge in [-0.25, -0.2) is 0 Å². The molecule has 1 spiro atoms. The molecule has 0 bridgehead atoms. The summed E-state index contributed by atoms with van der Waals surface area (Å²) in [5, 5.41) is 0. The first-order valence-electron chi connectivity index (χ1n) is 9.45. The third-order valence-electron chi connectivity index (χ3n) is 5.43. The number of hydrogen-bond acceptors (Lipinski definition) is 4. The number of hydrogen-bond donors (Lipinski definition) is 0. The van der Waals surface area contributed by atoms with Crippen LogP contribution in [0.3, 0.4) is 0 Å². The molecule has 2 heterocycles. The molecular weight excluding hydrogens is 340 g/mol. The van der Waals surface area contributed by atoms with Gasteiger partial charge in [-0.1, -0.05) is 30.3 Å². The van der Waals surface area contributed by atoms with Crippen molar-refractivity contribution in [1.29, 1.82) is 0 Å². The summed E-state index contributed by atoms with van der Waals surface area (Å²) in [6.07, 6.45) is 0. The summed E-state index contributed by atoms with van der Waals surface area (Å²) >= 11 is 0. The van der Waals surface area contributed by atoms with Gasteiger partial charge in [0.25, 0.3) is 5.91 Å². The lowest BCUT2D eigenvalue weighted by Crippen LogP contribution is -2.62. The van der Waals surface area contributed by atoms with Gasteiger partial charge in [0.15, 0.2) is 0 Å². The second-order valence-corrected chi connectivity index (χ2v) is 7.64. The van der Waals surface area contributed by atoms with Crippen molar-refractivity contribution in [3.63, 3.8) is 0 Å². The maximum Gasteiger partial charge on any atom is 0.253 e. The fourth-order valence-corrected chi connectivity index (χ4v) is 4.13. The van der Waals surface area contributed by atoms with E-state index in [1.807, 2.05) is 35.2 Å². The summed E-state index contributed by atoms with van der Waals surface area (Å²) in [7, 11) is 1.63. The van der Waals surface area contributed by atoms with Crippen molar-refractivity contribution >= 4 is 5.91 Å². The third-order valence-corrected chi connectivity index (χ3v) is 5.43. The highest BCUT2D eigenvalue weighted by Crippen LogP contribution is 2.34. The molecule has 0 aromatic heterocycles. The predicted molar refractivity (Wildman–Crippen MR) is 104 cm³/mol. The van der Waals surface area contributed by atoms with Crippen molar-refractivity contribution in [2.45, 2.75) is 6.54 Å². The van der Waals surface area contributed by atoms with Gasteiger partial charge in [-0.3, -0.25) is 9.69 Å². The Morgan fingerprint density at radius 3 is 2.52 bits per heavy atom. The van der Waals surface area contributed by atoms with E-state index in [-0.39, 0.29) is 11.3 Å². The summed E-state index contributed by atoms with van der Waals surface area (Å²) < 4.78 is 11.0. The number of nitrogens with zero attached hydrogens (tertiary/aromatic N) is 2. The highest BCUT2D eigenvalue weighted by Gasteiger charge is 2.46. The molecule has 2 aromatic rings. The average molecular weight is 366 g/mol. The van der Waals surface area contributed by atoms with Crippen LogP contribution in [0, 0.1) is 5.41 Å². The molecule has 2 aliphatic heterocycles. The van der Waals surface area contributed by atoms with Crippen LogP contribution in [0.15, 0.2) is 54.6 Å². The van der Waals surface area contributed by atoms with E-state index in [1.54, 1.807) is 7.11 Å². The van der Waals surface area contributed by atoms with E-state index >= 15 is 0 Å². The fraction of sp³-hybridized carbons (Fsp3) is 0.409. The number of ether oxygens (including phenoxy) is 2. The molecule has 2 saturated heterocycles. The highest BCUT2D eigenvalue weighted by atomic mass is 16.5. The molecular formula is C22H26N2O3. The standard InChI is InChI=1S/C22H26N2O3/c1-26-20-9-7-19(8-10-20)21(25)24-11-12-27-17-22(16-24)14-23(15-22)13-18-5-3-2-4-6-18/h2-10H,11-17H2,1H3. The first kappa shape index (κ1) is 18.0. The van der Waals surface area contributed by atoms with Crippen LogP contribution in [0.4, 0.5) is 0 Å². The number of amides is 1. The fourth-order valence-electron chi connectivity index (χ4n) is 4.13. The van der Waals surface area contributed by atoms with Gasteiger partial charge in [-0.05, 0) is 29.8 Å².